The Morgan fingerprint density at radius 2 is 1.70 bits per heavy atom. The van der Waals surface area contributed by atoms with Gasteiger partial charge in [0.05, 0.1) is 41.1 Å². The van der Waals surface area contributed by atoms with Crippen LogP contribution in [0, 0.1) is 0 Å². The number of benzene rings is 3. The fraction of sp³-hybridized carbons (Fsp3) is 0.372. The van der Waals surface area contributed by atoms with Crippen LogP contribution in [0.2, 0.25) is 5.02 Å². The number of halogens is 1. The smallest absolute Gasteiger partial charge is 0.362 e. The highest BCUT2D eigenvalue weighted by atomic mass is 35.5. The molecule has 0 spiro atoms. The molecule has 0 saturated carbocycles. The summed E-state index contributed by atoms with van der Waals surface area (Å²) in [6, 6.07) is 16.9. The van der Waals surface area contributed by atoms with Crippen molar-refractivity contribution in [2.45, 2.75) is 68.3 Å². The Bertz CT molecular complexity index is 2450. The molecule has 0 aliphatic carbocycles. The lowest BCUT2D eigenvalue weighted by Gasteiger charge is -2.34. The lowest BCUT2D eigenvalue weighted by Crippen LogP contribution is -2.54. The second kappa shape index (κ2) is 20.3. The quantitative estimate of drug-likeness (QED) is 0.0360. The van der Waals surface area contributed by atoms with Gasteiger partial charge in [-0.2, -0.15) is 4.98 Å². The summed E-state index contributed by atoms with van der Waals surface area (Å²) in [5, 5.41) is 12.3. The minimum atomic E-state index is -3.58. The van der Waals surface area contributed by atoms with E-state index in [1.165, 1.54) is 32.2 Å². The average Bonchev–Trinajstić information content (AvgIpc) is 3.54. The van der Waals surface area contributed by atoms with E-state index in [1.54, 1.807) is 49.6 Å². The third-order valence-corrected chi connectivity index (χ3v) is 14.4. The van der Waals surface area contributed by atoms with E-state index in [9.17, 15) is 28.5 Å². The van der Waals surface area contributed by atoms with Gasteiger partial charge in [0.2, 0.25) is 23.7 Å². The lowest BCUT2D eigenvalue weighted by atomic mass is 10.0. The minimum absolute atomic E-state index is 0.0219. The van der Waals surface area contributed by atoms with Crippen molar-refractivity contribution in [1.82, 2.24) is 25.5 Å². The molecule has 5 amide bonds. The Kier molecular flexibility index (Phi) is 14.7. The third kappa shape index (κ3) is 10.3. The Morgan fingerprint density at radius 1 is 0.921 bits per heavy atom. The number of piperidine rings is 2. The molecule has 3 aliphatic heterocycles. The number of anilines is 5. The van der Waals surface area contributed by atoms with E-state index in [0.717, 1.165) is 55.8 Å². The van der Waals surface area contributed by atoms with Crippen LogP contribution in [0.15, 0.2) is 71.8 Å². The van der Waals surface area contributed by atoms with Gasteiger partial charge >= 0.3 is 7.60 Å². The molecule has 2 fully saturated rings. The molecule has 4 heterocycles. The number of nitrogens with one attached hydrogen (secondary N) is 4. The number of imide groups is 2. The standard InChI is InChI=1S/C43H48ClN8O9PS/c1-59-33-24-27(15-16-30(33)48-43-45-25-29(44)39(50-43)47-31-11-6-7-12-34(31)62(58,60-2)61-3)51-21-19-26(20-22-51)46-36(53)14-5-4-8-23-63-35-13-9-10-28-38(35)42(57)52(41(28)56)32-17-18-37(54)49-40(32)55/h6-7,9-13,15-16,24-26,32H,4-5,8,14,17-23H2,1-3H3,(H,46,53)(H,49,54,55)(H2,45,47,48,50). The number of unbranched alkanes of at least 4 members (excludes halogenated alkanes) is 2. The normalized spacial score (nSPS) is 16.8. The zero-order valence-electron chi connectivity index (χ0n) is 35.0. The topological polar surface area (TPSA) is 210 Å². The number of fused-ring (bicyclic) bond motifs is 1. The minimum Gasteiger partial charge on any atom is -0.494 e. The molecule has 2 saturated heterocycles. The predicted octanol–water partition coefficient (Wildman–Crippen LogP) is 6.58. The number of ether oxygens (including phenoxy) is 1. The molecular formula is C43H48ClN8O9PS. The first-order valence-corrected chi connectivity index (χ1v) is 23.4. The highest BCUT2D eigenvalue weighted by molar-refractivity contribution is 7.99. The van der Waals surface area contributed by atoms with Crippen molar-refractivity contribution in [3.05, 3.63) is 83.0 Å². The Hall–Kier alpha value is -5.52. The third-order valence-electron chi connectivity index (χ3n) is 11.1. The lowest BCUT2D eigenvalue weighted by molar-refractivity contribution is -0.136. The fourth-order valence-corrected chi connectivity index (χ4v) is 10.2. The molecule has 4 aromatic rings. The van der Waals surface area contributed by atoms with E-state index in [1.807, 2.05) is 18.2 Å². The van der Waals surface area contributed by atoms with E-state index >= 15 is 0 Å². The average molecular weight is 919 g/mol. The van der Waals surface area contributed by atoms with Gasteiger partial charge in [-0.15, -0.1) is 11.8 Å². The Balaban J connectivity index is 0.846. The number of carbonyl (C=O) groups is 5. The van der Waals surface area contributed by atoms with Crippen LogP contribution in [-0.2, 0) is 28.0 Å². The maximum Gasteiger partial charge on any atom is 0.362 e. The maximum atomic E-state index is 13.4. The van der Waals surface area contributed by atoms with Gasteiger partial charge in [0, 0.05) is 62.8 Å². The van der Waals surface area contributed by atoms with E-state index in [2.05, 4.69) is 36.1 Å². The summed E-state index contributed by atoms with van der Waals surface area (Å²) in [7, 11) is 0.634. The van der Waals surface area contributed by atoms with Crippen LogP contribution in [0.1, 0.15) is 72.1 Å². The van der Waals surface area contributed by atoms with E-state index in [0.29, 0.717) is 45.1 Å². The first-order valence-electron chi connectivity index (χ1n) is 20.5. The molecule has 4 N–H and O–H groups in total. The van der Waals surface area contributed by atoms with Crippen molar-refractivity contribution >= 4 is 94.6 Å². The molecule has 20 heteroatoms. The SMILES string of the molecule is COc1cc(N2CCC(NC(=O)CCCCCSc3cccc4c3C(=O)N(C3CCC(=O)NC3=O)C4=O)CC2)ccc1Nc1ncc(Cl)c(Nc2ccccc2P(=O)(OC)OC)n1. The number of nitrogens with zero attached hydrogens (tertiary/aromatic N) is 4. The summed E-state index contributed by atoms with van der Waals surface area (Å²) in [6.45, 7) is 1.49. The fourth-order valence-electron chi connectivity index (χ4n) is 7.76. The molecule has 63 heavy (non-hydrogen) atoms. The van der Waals surface area contributed by atoms with Crippen LogP contribution in [0.25, 0.3) is 0 Å². The molecule has 1 atom stereocenters. The summed E-state index contributed by atoms with van der Waals surface area (Å²) in [6.07, 6.45) is 5.97. The van der Waals surface area contributed by atoms with Gasteiger partial charge in [-0.1, -0.05) is 36.2 Å². The molecular weight excluding hydrogens is 871 g/mol. The number of rotatable bonds is 18. The molecule has 1 aromatic heterocycles. The van der Waals surface area contributed by atoms with Gasteiger partial charge < -0.3 is 34.6 Å². The number of methoxy groups -OCH3 is 1. The van der Waals surface area contributed by atoms with Crippen molar-refractivity contribution in [2.24, 2.45) is 0 Å². The van der Waals surface area contributed by atoms with Crippen LogP contribution in [0.5, 0.6) is 5.75 Å². The first-order chi connectivity index (χ1) is 30.4. The van der Waals surface area contributed by atoms with Crippen LogP contribution in [0.4, 0.5) is 28.8 Å². The van der Waals surface area contributed by atoms with E-state index in [-0.39, 0.29) is 47.1 Å². The summed E-state index contributed by atoms with van der Waals surface area (Å²) in [5.74, 6) is -0.269. The van der Waals surface area contributed by atoms with Crippen molar-refractivity contribution in [3.63, 3.8) is 0 Å². The Morgan fingerprint density at radius 3 is 2.44 bits per heavy atom. The summed E-state index contributed by atoms with van der Waals surface area (Å²) in [5.41, 5.74) is 2.62. The van der Waals surface area contributed by atoms with Gasteiger partial charge in [0.25, 0.3) is 11.8 Å². The molecule has 1 unspecified atom stereocenters. The number of hydrogen-bond acceptors (Lipinski definition) is 15. The Labute approximate surface area is 373 Å². The monoisotopic (exact) mass is 918 g/mol. The molecule has 7 rings (SSSR count). The molecule has 3 aliphatic rings. The van der Waals surface area contributed by atoms with Crippen molar-refractivity contribution < 1.29 is 42.3 Å². The first kappa shape index (κ1) is 45.5. The number of carbonyl (C=O) groups excluding carboxylic acids is 5. The molecule has 332 valence electrons. The number of aromatic nitrogens is 2. The van der Waals surface area contributed by atoms with Gasteiger partial charge in [0.15, 0.2) is 5.82 Å². The second-order valence-electron chi connectivity index (χ2n) is 15.0. The molecule has 3 aromatic carbocycles. The van der Waals surface area contributed by atoms with Gasteiger partial charge in [-0.25, -0.2) is 4.98 Å². The van der Waals surface area contributed by atoms with Gasteiger partial charge in [-0.3, -0.25) is 38.8 Å². The number of thioether (sulfide) groups is 1. The summed E-state index contributed by atoms with van der Waals surface area (Å²) in [4.78, 5) is 76.2. The predicted molar refractivity (Wildman–Crippen MR) is 240 cm³/mol. The van der Waals surface area contributed by atoms with Crippen LogP contribution >= 0.6 is 31.0 Å². The molecule has 17 nitrogen and oxygen atoms in total. The summed E-state index contributed by atoms with van der Waals surface area (Å²) < 4.78 is 29.3. The van der Waals surface area contributed by atoms with Crippen LogP contribution < -0.4 is 36.2 Å². The van der Waals surface area contributed by atoms with Crippen LogP contribution in [-0.4, -0.2) is 96.7 Å². The molecule has 0 bridgehead atoms. The highest BCUT2D eigenvalue weighted by Gasteiger charge is 2.45. The number of para-hydroxylation sites is 1. The zero-order valence-corrected chi connectivity index (χ0v) is 37.4. The molecule has 0 radical (unpaired) electrons. The highest BCUT2D eigenvalue weighted by Crippen LogP contribution is 2.47. The maximum absolute atomic E-state index is 13.4. The van der Waals surface area contributed by atoms with Gasteiger partial charge in [0.1, 0.15) is 16.8 Å². The zero-order chi connectivity index (χ0) is 44.7. The summed E-state index contributed by atoms with van der Waals surface area (Å²) >= 11 is 7.93. The number of hydrogen-bond donors (Lipinski definition) is 4. The van der Waals surface area contributed by atoms with Crippen LogP contribution in [0.3, 0.4) is 0 Å². The van der Waals surface area contributed by atoms with Crippen molar-refractivity contribution in [1.29, 1.82) is 0 Å². The number of amides is 5. The van der Waals surface area contributed by atoms with Gasteiger partial charge in [-0.05, 0) is 74.3 Å². The van der Waals surface area contributed by atoms with E-state index in [4.69, 9.17) is 25.4 Å². The van der Waals surface area contributed by atoms with Crippen molar-refractivity contribution in [2.75, 3.05) is 55.7 Å². The van der Waals surface area contributed by atoms with E-state index < -0.39 is 37.3 Å². The van der Waals surface area contributed by atoms with Crippen molar-refractivity contribution in [3.8, 4) is 5.75 Å². The largest absolute Gasteiger partial charge is 0.494 e. The second-order valence-corrected chi connectivity index (χ2v) is 18.8.